The van der Waals surface area contributed by atoms with Crippen molar-refractivity contribution >= 4 is 28.6 Å². The summed E-state index contributed by atoms with van der Waals surface area (Å²) < 4.78 is 5.58. The minimum atomic E-state index is -0.0129. The number of nitrogens with zero attached hydrogens (tertiary/aromatic N) is 1. The average molecular weight is 309 g/mol. The standard InChI is InChI=1S/C18H15NO2S/c1-12-7-8-14(13(2)11-12)16(20)9-10-22-18-19-15-5-3-4-6-17(15)21-18/h3-11H,1-2H3/b10-9+. The van der Waals surface area contributed by atoms with Gasteiger partial charge in [0.15, 0.2) is 11.4 Å². The number of rotatable bonds is 4. The SMILES string of the molecule is Cc1ccc(C(=O)/C=C/Sc2nc3ccccc3o2)c(C)c1. The Morgan fingerprint density at radius 1 is 1.18 bits per heavy atom. The molecule has 0 bridgehead atoms. The molecule has 110 valence electrons. The number of ketones is 1. The van der Waals surface area contributed by atoms with Crippen LogP contribution >= 0.6 is 11.8 Å². The lowest BCUT2D eigenvalue weighted by molar-refractivity contribution is 0.104. The summed E-state index contributed by atoms with van der Waals surface area (Å²) in [6.45, 7) is 3.96. The minimum Gasteiger partial charge on any atom is -0.431 e. The molecule has 0 amide bonds. The molecule has 0 saturated heterocycles. The fourth-order valence-electron chi connectivity index (χ4n) is 2.24. The van der Waals surface area contributed by atoms with Crippen LogP contribution in [0.1, 0.15) is 21.5 Å². The van der Waals surface area contributed by atoms with E-state index in [4.69, 9.17) is 4.42 Å². The Bertz CT molecular complexity index is 831. The van der Waals surface area contributed by atoms with Crippen LogP contribution in [0.4, 0.5) is 0 Å². The Labute approximate surface area is 133 Å². The molecule has 0 aliphatic carbocycles. The van der Waals surface area contributed by atoms with Gasteiger partial charge in [-0.15, -0.1) is 0 Å². The van der Waals surface area contributed by atoms with Crippen molar-refractivity contribution in [3.05, 3.63) is 70.6 Å². The van der Waals surface area contributed by atoms with E-state index in [2.05, 4.69) is 4.98 Å². The summed E-state index contributed by atoms with van der Waals surface area (Å²) in [7, 11) is 0. The van der Waals surface area contributed by atoms with Crippen LogP contribution in [0.25, 0.3) is 11.1 Å². The van der Waals surface area contributed by atoms with E-state index in [1.807, 2.05) is 56.3 Å². The molecule has 0 spiro atoms. The third-order valence-electron chi connectivity index (χ3n) is 3.31. The van der Waals surface area contributed by atoms with Crippen molar-refractivity contribution in [2.45, 2.75) is 19.1 Å². The number of oxazole rings is 1. The molecular weight excluding hydrogens is 294 g/mol. The molecule has 0 saturated carbocycles. The summed E-state index contributed by atoms with van der Waals surface area (Å²) in [5, 5.41) is 2.25. The van der Waals surface area contributed by atoms with Gasteiger partial charge in [-0.3, -0.25) is 4.79 Å². The number of hydrogen-bond acceptors (Lipinski definition) is 4. The van der Waals surface area contributed by atoms with Gasteiger partial charge in [0.25, 0.3) is 5.22 Å². The first kappa shape index (κ1) is 14.6. The van der Waals surface area contributed by atoms with E-state index in [0.717, 1.165) is 27.8 Å². The monoisotopic (exact) mass is 309 g/mol. The zero-order chi connectivity index (χ0) is 15.5. The molecule has 0 unspecified atom stereocenters. The molecule has 22 heavy (non-hydrogen) atoms. The molecule has 0 aliphatic rings. The Morgan fingerprint density at radius 2 is 2.00 bits per heavy atom. The van der Waals surface area contributed by atoms with Crippen molar-refractivity contribution < 1.29 is 9.21 Å². The van der Waals surface area contributed by atoms with Crippen LogP contribution in [0.15, 0.2) is 63.6 Å². The van der Waals surface area contributed by atoms with E-state index >= 15 is 0 Å². The molecule has 3 aromatic rings. The summed E-state index contributed by atoms with van der Waals surface area (Å²) in [5.74, 6) is -0.0129. The van der Waals surface area contributed by atoms with Crippen LogP contribution < -0.4 is 0 Å². The van der Waals surface area contributed by atoms with Gasteiger partial charge in [-0.1, -0.05) is 35.9 Å². The summed E-state index contributed by atoms with van der Waals surface area (Å²) in [6.07, 6.45) is 1.55. The zero-order valence-corrected chi connectivity index (χ0v) is 13.2. The van der Waals surface area contributed by atoms with Gasteiger partial charge in [-0.25, -0.2) is 4.98 Å². The van der Waals surface area contributed by atoms with Crippen molar-refractivity contribution in [3.8, 4) is 0 Å². The first-order valence-corrected chi connectivity index (χ1v) is 7.82. The number of aromatic nitrogens is 1. The Hall–Kier alpha value is -2.33. The minimum absolute atomic E-state index is 0.0129. The highest BCUT2D eigenvalue weighted by atomic mass is 32.2. The largest absolute Gasteiger partial charge is 0.431 e. The van der Waals surface area contributed by atoms with Crippen molar-refractivity contribution in [2.24, 2.45) is 0 Å². The Morgan fingerprint density at radius 3 is 2.77 bits per heavy atom. The van der Waals surface area contributed by atoms with E-state index in [0.29, 0.717) is 5.22 Å². The third kappa shape index (κ3) is 3.12. The topological polar surface area (TPSA) is 43.1 Å². The molecule has 0 atom stereocenters. The van der Waals surface area contributed by atoms with Crippen LogP contribution in [0.3, 0.4) is 0 Å². The maximum Gasteiger partial charge on any atom is 0.261 e. The van der Waals surface area contributed by atoms with Crippen molar-refractivity contribution in [2.75, 3.05) is 0 Å². The second kappa shape index (κ2) is 6.20. The van der Waals surface area contributed by atoms with Crippen LogP contribution in [0.2, 0.25) is 0 Å². The summed E-state index contributed by atoms with van der Waals surface area (Å²) >= 11 is 1.30. The van der Waals surface area contributed by atoms with Crippen LogP contribution in [0, 0.1) is 13.8 Å². The number of benzene rings is 2. The Balaban J connectivity index is 1.72. The molecule has 0 fully saturated rings. The lowest BCUT2D eigenvalue weighted by Crippen LogP contribution is -1.97. The van der Waals surface area contributed by atoms with Crippen molar-refractivity contribution in [1.29, 1.82) is 0 Å². The predicted molar refractivity (Wildman–Crippen MR) is 89.3 cm³/mol. The first-order valence-electron chi connectivity index (χ1n) is 6.94. The Kier molecular flexibility index (Phi) is 4.11. The highest BCUT2D eigenvalue weighted by Crippen LogP contribution is 2.24. The van der Waals surface area contributed by atoms with Crippen molar-refractivity contribution in [1.82, 2.24) is 4.98 Å². The van der Waals surface area contributed by atoms with Gasteiger partial charge in [0, 0.05) is 5.56 Å². The second-order valence-electron chi connectivity index (χ2n) is 5.05. The first-order chi connectivity index (χ1) is 10.6. The molecule has 2 aromatic carbocycles. The molecule has 3 rings (SSSR count). The maximum atomic E-state index is 12.2. The van der Waals surface area contributed by atoms with Gasteiger partial charge in [0.05, 0.1) is 0 Å². The van der Waals surface area contributed by atoms with Crippen LogP contribution in [0.5, 0.6) is 0 Å². The number of thioether (sulfide) groups is 1. The number of carbonyl (C=O) groups excluding carboxylic acids is 1. The quantitative estimate of drug-likeness (QED) is 0.389. The lowest BCUT2D eigenvalue weighted by Gasteiger charge is -2.02. The van der Waals surface area contributed by atoms with Gasteiger partial charge in [0.2, 0.25) is 0 Å². The average Bonchev–Trinajstić information content (AvgIpc) is 2.89. The fraction of sp³-hybridized carbons (Fsp3) is 0.111. The molecule has 0 N–H and O–H groups in total. The van der Waals surface area contributed by atoms with Crippen LogP contribution in [-0.2, 0) is 0 Å². The van der Waals surface area contributed by atoms with E-state index in [9.17, 15) is 4.79 Å². The highest BCUT2D eigenvalue weighted by Gasteiger charge is 2.07. The summed E-state index contributed by atoms with van der Waals surface area (Å²) in [6, 6.07) is 13.4. The lowest BCUT2D eigenvalue weighted by atomic mass is 10.0. The number of aryl methyl sites for hydroxylation is 2. The third-order valence-corrected chi connectivity index (χ3v) is 3.96. The normalized spacial score (nSPS) is 11.4. The molecule has 1 aromatic heterocycles. The number of allylic oxidation sites excluding steroid dienone is 1. The summed E-state index contributed by atoms with van der Waals surface area (Å²) in [4.78, 5) is 16.5. The van der Waals surface area contributed by atoms with E-state index in [-0.39, 0.29) is 5.78 Å². The number of fused-ring (bicyclic) bond motifs is 1. The molecule has 0 radical (unpaired) electrons. The van der Waals surface area contributed by atoms with E-state index in [1.165, 1.54) is 11.8 Å². The smallest absolute Gasteiger partial charge is 0.261 e. The number of carbonyl (C=O) groups is 1. The molecular formula is C18H15NO2S. The molecule has 4 heteroatoms. The van der Waals surface area contributed by atoms with E-state index < -0.39 is 0 Å². The number of para-hydroxylation sites is 2. The fourth-order valence-corrected chi connectivity index (χ4v) is 2.83. The second-order valence-corrected chi connectivity index (χ2v) is 5.91. The number of hydrogen-bond donors (Lipinski definition) is 0. The molecule has 1 heterocycles. The van der Waals surface area contributed by atoms with Gasteiger partial charge < -0.3 is 4.42 Å². The van der Waals surface area contributed by atoms with Crippen LogP contribution in [-0.4, -0.2) is 10.8 Å². The zero-order valence-electron chi connectivity index (χ0n) is 12.4. The van der Waals surface area contributed by atoms with E-state index in [1.54, 1.807) is 11.5 Å². The van der Waals surface area contributed by atoms with Gasteiger partial charge in [0.1, 0.15) is 5.52 Å². The van der Waals surface area contributed by atoms with Gasteiger partial charge in [-0.2, -0.15) is 0 Å². The maximum absolute atomic E-state index is 12.2. The van der Waals surface area contributed by atoms with Gasteiger partial charge >= 0.3 is 0 Å². The molecule has 0 aliphatic heterocycles. The predicted octanol–water partition coefficient (Wildman–Crippen LogP) is 4.93. The molecule has 3 nitrogen and oxygen atoms in total. The summed E-state index contributed by atoms with van der Waals surface area (Å²) in [5.41, 5.74) is 4.43. The van der Waals surface area contributed by atoms with Crippen molar-refractivity contribution in [3.63, 3.8) is 0 Å². The highest BCUT2D eigenvalue weighted by molar-refractivity contribution is 8.01. The van der Waals surface area contributed by atoms with Gasteiger partial charge in [-0.05, 0) is 54.8 Å².